The molecule has 0 unspecified atom stereocenters. The number of rotatable bonds is 2. The van der Waals surface area contributed by atoms with Crippen molar-refractivity contribution in [3.63, 3.8) is 0 Å². The summed E-state index contributed by atoms with van der Waals surface area (Å²) in [7, 11) is 1.97. The Labute approximate surface area is 95.2 Å². The summed E-state index contributed by atoms with van der Waals surface area (Å²) in [5.41, 5.74) is 2.25. The lowest BCUT2D eigenvalue weighted by Gasteiger charge is -2.30. The van der Waals surface area contributed by atoms with Crippen LogP contribution in [0.3, 0.4) is 0 Å². The highest BCUT2D eigenvalue weighted by Crippen LogP contribution is 2.20. The minimum atomic E-state index is -0.874. The molecule has 0 aliphatic carbocycles. The molecule has 1 heterocycles. The van der Waals surface area contributed by atoms with Crippen LogP contribution in [0.1, 0.15) is 10.4 Å². The van der Waals surface area contributed by atoms with Crippen LogP contribution in [0, 0.1) is 0 Å². The van der Waals surface area contributed by atoms with Gasteiger partial charge < -0.3 is 14.7 Å². The second-order valence-corrected chi connectivity index (χ2v) is 3.93. The Morgan fingerprint density at radius 2 is 2.06 bits per heavy atom. The lowest BCUT2D eigenvalue weighted by molar-refractivity contribution is 0.0696. The molecule has 5 heteroatoms. The van der Waals surface area contributed by atoms with Gasteiger partial charge in [0.25, 0.3) is 0 Å². The number of ether oxygens (including phenoxy) is 1. The van der Waals surface area contributed by atoms with Crippen LogP contribution < -0.4 is 10.4 Å². The third-order valence-corrected chi connectivity index (χ3v) is 2.74. The van der Waals surface area contributed by atoms with E-state index >= 15 is 0 Å². The molecule has 1 aromatic carbocycles. The Bertz CT molecular complexity index is 402. The first-order valence-electron chi connectivity index (χ1n) is 5.35. The van der Waals surface area contributed by atoms with E-state index in [2.05, 4.69) is 4.90 Å². The van der Waals surface area contributed by atoms with E-state index in [4.69, 9.17) is 9.84 Å². The Balaban J connectivity index is 2.36. The minimum Gasteiger partial charge on any atom is -0.478 e. The van der Waals surface area contributed by atoms with Crippen molar-refractivity contribution in [1.29, 1.82) is 0 Å². The number of anilines is 1. The van der Waals surface area contributed by atoms with Crippen LogP contribution in [-0.4, -0.2) is 45.2 Å². The lowest BCUT2D eigenvalue weighted by atomic mass is 9.93. The van der Waals surface area contributed by atoms with E-state index in [1.807, 2.05) is 20.0 Å². The molecular formula is C11H14BNO3. The maximum Gasteiger partial charge on any atom is 0.337 e. The van der Waals surface area contributed by atoms with Crippen LogP contribution in [0.5, 0.6) is 0 Å². The van der Waals surface area contributed by atoms with Crippen LogP contribution in [0.4, 0.5) is 5.69 Å². The van der Waals surface area contributed by atoms with E-state index in [0.29, 0.717) is 18.8 Å². The SMILES string of the molecule is Bc1ccc(C(=O)O)c(N2CCOCC2)c1. The van der Waals surface area contributed by atoms with Crippen molar-refractivity contribution in [1.82, 2.24) is 0 Å². The highest BCUT2D eigenvalue weighted by Gasteiger charge is 2.18. The molecule has 1 fully saturated rings. The fraction of sp³-hybridized carbons (Fsp3) is 0.364. The van der Waals surface area contributed by atoms with Gasteiger partial charge in [0, 0.05) is 13.1 Å². The fourth-order valence-corrected chi connectivity index (χ4v) is 1.89. The van der Waals surface area contributed by atoms with Gasteiger partial charge in [0.2, 0.25) is 0 Å². The van der Waals surface area contributed by atoms with Gasteiger partial charge in [0.15, 0.2) is 0 Å². The summed E-state index contributed by atoms with van der Waals surface area (Å²) < 4.78 is 5.26. The monoisotopic (exact) mass is 219 g/mol. The lowest BCUT2D eigenvalue weighted by Crippen LogP contribution is -2.37. The van der Waals surface area contributed by atoms with Crippen LogP contribution >= 0.6 is 0 Å². The quantitative estimate of drug-likeness (QED) is 0.680. The molecule has 0 bridgehead atoms. The molecule has 1 N–H and O–H groups in total. The maximum absolute atomic E-state index is 11.1. The zero-order valence-corrected chi connectivity index (χ0v) is 9.27. The van der Waals surface area contributed by atoms with Gasteiger partial charge in [-0.2, -0.15) is 0 Å². The zero-order valence-electron chi connectivity index (χ0n) is 9.27. The van der Waals surface area contributed by atoms with Crippen molar-refractivity contribution in [2.24, 2.45) is 0 Å². The summed E-state index contributed by atoms with van der Waals surface area (Å²) in [6.45, 7) is 2.83. The van der Waals surface area contributed by atoms with Crippen molar-refractivity contribution in [2.45, 2.75) is 0 Å². The molecule has 2 rings (SSSR count). The van der Waals surface area contributed by atoms with E-state index < -0.39 is 5.97 Å². The first-order valence-corrected chi connectivity index (χ1v) is 5.35. The summed E-state index contributed by atoms with van der Waals surface area (Å²) >= 11 is 0. The molecule has 16 heavy (non-hydrogen) atoms. The largest absolute Gasteiger partial charge is 0.478 e. The predicted molar refractivity (Wildman–Crippen MR) is 64.6 cm³/mol. The van der Waals surface area contributed by atoms with E-state index in [1.165, 1.54) is 0 Å². The summed E-state index contributed by atoms with van der Waals surface area (Å²) in [4.78, 5) is 13.2. The van der Waals surface area contributed by atoms with Crippen molar-refractivity contribution >= 4 is 25.0 Å². The van der Waals surface area contributed by atoms with Crippen LogP contribution in [0.2, 0.25) is 0 Å². The van der Waals surface area contributed by atoms with Crippen LogP contribution in [-0.2, 0) is 4.74 Å². The number of carbonyl (C=O) groups is 1. The molecule has 1 aliphatic rings. The normalized spacial score (nSPS) is 16.1. The minimum absolute atomic E-state index is 0.368. The maximum atomic E-state index is 11.1. The topological polar surface area (TPSA) is 49.8 Å². The molecular weight excluding hydrogens is 205 g/mol. The molecule has 84 valence electrons. The third-order valence-electron chi connectivity index (χ3n) is 2.74. The summed E-state index contributed by atoms with van der Waals surface area (Å²) in [6, 6.07) is 5.42. The first kappa shape index (κ1) is 11.0. The third kappa shape index (κ3) is 2.19. The number of hydrogen-bond donors (Lipinski definition) is 1. The van der Waals surface area contributed by atoms with Gasteiger partial charge in [-0.3, -0.25) is 0 Å². The Kier molecular flexibility index (Phi) is 3.15. The van der Waals surface area contributed by atoms with Crippen molar-refractivity contribution in [3.05, 3.63) is 23.8 Å². The Hall–Kier alpha value is -1.49. The summed E-state index contributed by atoms with van der Waals surface area (Å²) in [5.74, 6) is -0.874. The van der Waals surface area contributed by atoms with Gasteiger partial charge in [0.1, 0.15) is 7.85 Å². The van der Waals surface area contributed by atoms with Crippen LogP contribution in [0.15, 0.2) is 18.2 Å². The van der Waals surface area contributed by atoms with Crippen molar-refractivity contribution in [3.8, 4) is 0 Å². The van der Waals surface area contributed by atoms with Gasteiger partial charge in [-0.15, -0.1) is 0 Å². The number of morpholine rings is 1. The average molecular weight is 219 g/mol. The molecule has 0 aromatic heterocycles. The predicted octanol–water partition coefficient (Wildman–Crippen LogP) is -0.520. The van der Waals surface area contributed by atoms with Gasteiger partial charge >= 0.3 is 5.97 Å². The summed E-state index contributed by atoms with van der Waals surface area (Å²) in [5, 5.41) is 9.13. The summed E-state index contributed by atoms with van der Waals surface area (Å²) in [6.07, 6.45) is 0. The van der Waals surface area contributed by atoms with Crippen molar-refractivity contribution in [2.75, 3.05) is 31.2 Å². The van der Waals surface area contributed by atoms with Gasteiger partial charge in [-0.25, -0.2) is 4.79 Å². The van der Waals surface area contributed by atoms with Gasteiger partial charge in [-0.1, -0.05) is 11.5 Å². The molecule has 0 atom stereocenters. The number of carboxylic acid groups (broad SMARTS) is 1. The van der Waals surface area contributed by atoms with Gasteiger partial charge in [-0.05, 0) is 12.1 Å². The molecule has 1 saturated heterocycles. The van der Waals surface area contributed by atoms with E-state index in [-0.39, 0.29) is 0 Å². The highest BCUT2D eigenvalue weighted by atomic mass is 16.5. The zero-order chi connectivity index (χ0) is 11.5. The fourth-order valence-electron chi connectivity index (χ4n) is 1.89. The molecule has 4 nitrogen and oxygen atoms in total. The van der Waals surface area contributed by atoms with Gasteiger partial charge in [0.05, 0.1) is 24.5 Å². The number of nitrogens with zero attached hydrogens (tertiary/aromatic N) is 1. The van der Waals surface area contributed by atoms with Crippen molar-refractivity contribution < 1.29 is 14.6 Å². The smallest absolute Gasteiger partial charge is 0.337 e. The average Bonchev–Trinajstić information content (AvgIpc) is 2.29. The molecule has 1 aliphatic heterocycles. The number of hydrogen-bond acceptors (Lipinski definition) is 3. The first-order chi connectivity index (χ1) is 7.68. The number of benzene rings is 1. The Morgan fingerprint density at radius 1 is 1.38 bits per heavy atom. The highest BCUT2D eigenvalue weighted by molar-refractivity contribution is 6.32. The molecule has 0 radical (unpaired) electrons. The Morgan fingerprint density at radius 3 is 2.69 bits per heavy atom. The second-order valence-electron chi connectivity index (χ2n) is 3.93. The number of aromatic carboxylic acids is 1. The second kappa shape index (κ2) is 4.57. The van der Waals surface area contributed by atoms with E-state index in [1.54, 1.807) is 6.07 Å². The molecule has 0 saturated carbocycles. The van der Waals surface area contributed by atoms with Crippen LogP contribution in [0.25, 0.3) is 0 Å². The molecule has 1 aromatic rings. The number of carboxylic acids is 1. The van der Waals surface area contributed by atoms with E-state index in [0.717, 1.165) is 24.2 Å². The molecule has 0 spiro atoms. The van der Waals surface area contributed by atoms with E-state index in [9.17, 15) is 4.79 Å². The standard InChI is InChI=1S/C11H14BNO3/c12-8-1-2-9(11(14)15)10(7-8)13-3-5-16-6-4-13/h1-2,7H,3-6,12H2,(H,14,15). The molecule has 0 amide bonds.